The fourth-order valence-electron chi connectivity index (χ4n) is 1.93. The lowest BCUT2D eigenvalue weighted by molar-refractivity contribution is 0.968. The molecular formula is C14H16ClN3. The summed E-state index contributed by atoms with van der Waals surface area (Å²) in [7, 11) is 0. The van der Waals surface area contributed by atoms with E-state index in [1.54, 1.807) is 6.20 Å². The molecular weight excluding hydrogens is 246 g/mol. The van der Waals surface area contributed by atoms with Gasteiger partial charge in [-0.15, -0.1) is 11.6 Å². The summed E-state index contributed by atoms with van der Waals surface area (Å²) in [6, 6.07) is 2.08. The molecule has 0 bridgehead atoms. The Morgan fingerprint density at radius 2 is 1.83 bits per heavy atom. The number of alkyl halides is 1. The molecule has 1 unspecified atom stereocenters. The smallest absolute Gasteiger partial charge is 0.178 e. The number of rotatable bonds is 2. The SMILES string of the molecule is Cc1cnc(-c2ncc(C(C)Cl)c(C)n2)c(C)c1. The molecule has 4 heteroatoms. The van der Waals surface area contributed by atoms with Gasteiger partial charge in [0.25, 0.3) is 0 Å². The molecule has 0 saturated heterocycles. The van der Waals surface area contributed by atoms with Gasteiger partial charge in [0.2, 0.25) is 0 Å². The van der Waals surface area contributed by atoms with Crippen LogP contribution in [0, 0.1) is 20.8 Å². The van der Waals surface area contributed by atoms with Gasteiger partial charge in [0.05, 0.1) is 5.38 Å². The lowest BCUT2D eigenvalue weighted by Gasteiger charge is -2.09. The van der Waals surface area contributed by atoms with Gasteiger partial charge in [-0.3, -0.25) is 4.98 Å². The second kappa shape index (κ2) is 5.02. The first kappa shape index (κ1) is 13.0. The fourth-order valence-corrected chi connectivity index (χ4v) is 2.14. The Labute approximate surface area is 112 Å². The molecule has 0 saturated carbocycles. The third-order valence-corrected chi connectivity index (χ3v) is 3.11. The van der Waals surface area contributed by atoms with Crippen molar-refractivity contribution in [2.24, 2.45) is 0 Å². The number of aromatic nitrogens is 3. The van der Waals surface area contributed by atoms with Gasteiger partial charge in [0.15, 0.2) is 5.82 Å². The summed E-state index contributed by atoms with van der Waals surface area (Å²) in [5.74, 6) is 0.658. The average molecular weight is 262 g/mol. The molecule has 0 aromatic carbocycles. The van der Waals surface area contributed by atoms with E-state index in [9.17, 15) is 0 Å². The molecule has 1 atom stereocenters. The van der Waals surface area contributed by atoms with Gasteiger partial charge in [-0.2, -0.15) is 0 Å². The minimum atomic E-state index is -0.0777. The summed E-state index contributed by atoms with van der Waals surface area (Å²) in [5.41, 5.74) is 4.92. The van der Waals surface area contributed by atoms with E-state index in [0.29, 0.717) is 5.82 Å². The Kier molecular flexibility index (Phi) is 3.62. The van der Waals surface area contributed by atoms with E-state index in [4.69, 9.17) is 11.6 Å². The second-order valence-electron chi connectivity index (χ2n) is 4.53. The maximum absolute atomic E-state index is 6.06. The number of hydrogen-bond donors (Lipinski definition) is 0. The van der Waals surface area contributed by atoms with E-state index in [1.165, 1.54) is 0 Å². The van der Waals surface area contributed by atoms with Crippen LogP contribution < -0.4 is 0 Å². The predicted molar refractivity (Wildman–Crippen MR) is 73.7 cm³/mol. The summed E-state index contributed by atoms with van der Waals surface area (Å²) in [5, 5.41) is -0.0777. The van der Waals surface area contributed by atoms with Gasteiger partial charge in [-0.25, -0.2) is 9.97 Å². The first-order valence-corrected chi connectivity index (χ1v) is 6.34. The van der Waals surface area contributed by atoms with Gasteiger partial charge in [-0.1, -0.05) is 6.07 Å². The van der Waals surface area contributed by atoms with E-state index in [0.717, 1.165) is 28.1 Å². The Balaban J connectivity index is 2.49. The van der Waals surface area contributed by atoms with Crippen molar-refractivity contribution in [3.05, 3.63) is 40.8 Å². The summed E-state index contributed by atoms with van der Waals surface area (Å²) in [4.78, 5) is 13.3. The number of pyridine rings is 1. The van der Waals surface area contributed by atoms with Gasteiger partial charge in [-0.05, 0) is 38.8 Å². The topological polar surface area (TPSA) is 38.7 Å². The van der Waals surface area contributed by atoms with Crippen molar-refractivity contribution < 1.29 is 0 Å². The maximum atomic E-state index is 6.06. The zero-order valence-corrected chi connectivity index (χ0v) is 11.8. The van der Waals surface area contributed by atoms with Gasteiger partial charge in [0, 0.05) is 23.7 Å². The van der Waals surface area contributed by atoms with Crippen molar-refractivity contribution >= 4 is 11.6 Å². The number of halogens is 1. The third-order valence-electron chi connectivity index (χ3n) is 2.87. The van der Waals surface area contributed by atoms with Gasteiger partial charge in [0.1, 0.15) is 5.69 Å². The lowest BCUT2D eigenvalue weighted by Crippen LogP contribution is -2.01. The highest BCUT2D eigenvalue weighted by molar-refractivity contribution is 6.20. The van der Waals surface area contributed by atoms with Crippen molar-refractivity contribution in [1.29, 1.82) is 0 Å². The Hall–Kier alpha value is -1.48. The molecule has 0 fully saturated rings. The van der Waals surface area contributed by atoms with Crippen molar-refractivity contribution in [2.45, 2.75) is 33.1 Å². The maximum Gasteiger partial charge on any atom is 0.178 e. The van der Waals surface area contributed by atoms with Crippen molar-refractivity contribution in [3.63, 3.8) is 0 Å². The van der Waals surface area contributed by atoms with Crippen LogP contribution in [0.2, 0.25) is 0 Å². The molecule has 0 N–H and O–H groups in total. The molecule has 0 spiro atoms. The molecule has 94 valence electrons. The predicted octanol–water partition coefficient (Wildman–Crippen LogP) is 3.76. The molecule has 0 aliphatic heterocycles. The number of aryl methyl sites for hydroxylation is 3. The zero-order chi connectivity index (χ0) is 13.3. The van der Waals surface area contributed by atoms with E-state index >= 15 is 0 Å². The molecule has 0 radical (unpaired) electrons. The van der Waals surface area contributed by atoms with Gasteiger partial charge < -0.3 is 0 Å². The molecule has 0 aliphatic rings. The summed E-state index contributed by atoms with van der Waals surface area (Å²) in [6.45, 7) is 7.91. The molecule has 2 aromatic rings. The normalized spacial score (nSPS) is 12.5. The van der Waals surface area contributed by atoms with Crippen molar-refractivity contribution in [3.8, 4) is 11.5 Å². The average Bonchev–Trinajstić information content (AvgIpc) is 2.28. The quantitative estimate of drug-likeness (QED) is 0.773. The van der Waals surface area contributed by atoms with Crippen molar-refractivity contribution in [1.82, 2.24) is 15.0 Å². The second-order valence-corrected chi connectivity index (χ2v) is 5.18. The van der Waals surface area contributed by atoms with Crippen LogP contribution in [-0.2, 0) is 0 Å². The van der Waals surface area contributed by atoms with Crippen LogP contribution in [0.3, 0.4) is 0 Å². The molecule has 2 heterocycles. The Morgan fingerprint density at radius 1 is 1.11 bits per heavy atom. The van der Waals surface area contributed by atoms with Gasteiger partial charge >= 0.3 is 0 Å². The van der Waals surface area contributed by atoms with E-state index in [2.05, 4.69) is 21.0 Å². The first-order valence-electron chi connectivity index (χ1n) is 5.90. The largest absolute Gasteiger partial charge is 0.252 e. The van der Waals surface area contributed by atoms with E-state index < -0.39 is 0 Å². The number of hydrogen-bond acceptors (Lipinski definition) is 3. The van der Waals surface area contributed by atoms with Crippen LogP contribution in [0.1, 0.15) is 34.7 Å². The highest BCUT2D eigenvalue weighted by Crippen LogP contribution is 2.24. The first-order chi connectivity index (χ1) is 8.49. The molecule has 2 aromatic heterocycles. The summed E-state index contributed by atoms with van der Waals surface area (Å²) in [6.07, 6.45) is 3.62. The Morgan fingerprint density at radius 3 is 2.39 bits per heavy atom. The van der Waals surface area contributed by atoms with Crippen LogP contribution in [0.5, 0.6) is 0 Å². The molecule has 2 rings (SSSR count). The molecule has 18 heavy (non-hydrogen) atoms. The fraction of sp³-hybridized carbons (Fsp3) is 0.357. The molecule has 3 nitrogen and oxygen atoms in total. The van der Waals surface area contributed by atoms with Crippen LogP contribution in [-0.4, -0.2) is 15.0 Å². The summed E-state index contributed by atoms with van der Waals surface area (Å²) >= 11 is 6.06. The minimum absolute atomic E-state index is 0.0777. The Bertz CT molecular complexity index is 579. The van der Waals surface area contributed by atoms with Crippen LogP contribution >= 0.6 is 11.6 Å². The standard InChI is InChI=1S/C14H16ClN3/c1-8-5-9(2)13(16-6-8)14-17-7-12(10(3)15)11(4)18-14/h5-7,10H,1-4H3. The summed E-state index contributed by atoms with van der Waals surface area (Å²) < 4.78 is 0. The van der Waals surface area contributed by atoms with E-state index in [1.807, 2.05) is 33.9 Å². The van der Waals surface area contributed by atoms with Crippen LogP contribution in [0.4, 0.5) is 0 Å². The van der Waals surface area contributed by atoms with Crippen molar-refractivity contribution in [2.75, 3.05) is 0 Å². The van der Waals surface area contributed by atoms with Crippen LogP contribution in [0.25, 0.3) is 11.5 Å². The zero-order valence-electron chi connectivity index (χ0n) is 11.0. The third kappa shape index (κ3) is 2.51. The monoisotopic (exact) mass is 261 g/mol. The number of nitrogens with zero attached hydrogens (tertiary/aromatic N) is 3. The molecule has 0 amide bonds. The minimum Gasteiger partial charge on any atom is -0.252 e. The highest BCUT2D eigenvalue weighted by Gasteiger charge is 2.11. The highest BCUT2D eigenvalue weighted by atomic mass is 35.5. The molecule has 0 aliphatic carbocycles. The van der Waals surface area contributed by atoms with E-state index in [-0.39, 0.29) is 5.38 Å². The van der Waals surface area contributed by atoms with Crippen LogP contribution in [0.15, 0.2) is 18.5 Å². The lowest BCUT2D eigenvalue weighted by atomic mass is 10.1.